The first kappa shape index (κ1) is 17.9. The number of piperidine rings is 1. The van der Waals surface area contributed by atoms with E-state index in [0.717, 1.165) is 43.2 Å². The number of hydrogen-bond donors (Lipinski definition) is 2. The minimum absolute atomic E-state index is 0.122. The fourth-order valence-electron chi connectivity index (χ4n) is 3.34. The molecule has 0 bridgehead atoms. The monoisotopic (exact) mass is 362 g/mol. The molecule has 8 heteroatoms. The summed E-state index contributed by atoms with van der Waals surface area (Å²) >= 11 is 1.70. The fraction of sp³-hybridized carbons (Fsp3) is 0.588. The summed E-state index contributed by atoms with van der Waals surface area (Å²) in [6.45, 7) is 7.56. The minimum Gasteiger partial charge on any atom is -0.383 e. The van der Waals surface area contributed by atoms with E-state index in [1.807, 2.05) is 13.8 Å². The zero-order valence-electron chi connectivity index (χ0n) is 15.1. The normalized spacial score (nSPS) is 16.3. The number of nitrogens with one attached hydrogen (secondary N) is 1. The SMILES string of the molecule is Cc1nc(CN2CCC(CNC(=O)c3c(C)nn(C)c3N)CC2)cs1. The van der Waals surface area contributed by atoms with Crippen molar-refractivity contribution in [2.45, 2.75) is 33.2 Å². The number of thiazole rings is 1. The maximum Gasteiger partial charge on any atom is 0.256 e. The van der Waals surface area contributed by atoms with Gasteiger partial charge in [0.15, 0.2) is 0 Å². The minimum atomic E-state index is -0.122. The van der Waals surface area contributed by atoms with E-state index < -0.39 is 0 Å². The number of hydrogen-bond acceptors (Lipinski definition) is 6. The number of nitrogens with two attached hydrogens (primary N) is 1. The highest BCUT2D eigenvalue weighted by molar-refractivity contribution is 7.09. The molecule has 3 rings (SSSR count). The molecule has 136 valence electrons. The quantitative estimate of drug-likeness (QED) is 0.845. The molecule has 1 amide bonds. The number of aryl methyl sites for hydroxylation is 3. The van der Waals surface area contributed by atoms with E-state index in [1.54, 1.807) is 23.1 Å². The summed E-state index contributed by atoms with van der Waals surface area (Å²) in [5.41, 5.74) is 8.27. The number of amides is 1. The number of nitrogens with zero attached hydrogens (tertiary/aromatic N) is 4. The fourth-order valence-corrected chi connectivity index (χ4v) is 3.94. The Balaban J connectivity index is 1.45. The van der Waals surface area contributed by atoms with Crippen LogP contribution in [0.25, 0.3) is 0 Å². The van der Waals surface area contributed by atoms with Gasteiger partial charge in [-0.3, -0.25) is 14.4 Å². The van der Waals surface area contributed by atoms with Crippen molar-refractivity contribution in [3.63, 3.8) is 0 Å². The van der Waals surface area contributed by atoms with Crippen molar-refractivity contribution in [2.24, 2.45) is 13.0 Å². The topological polar surface area (TPSA) is 89.1 Å². The number of nitrogen functional groups attached to an aromatic ring is 1. The van der Waals surface area contributed by atoms with Crippen LogP contribution in [0.2, 0.25) is 0 Å². The number of anilines is 1. The lowest BCUT2D eigenvalue weighted by atomic mass is 9.96. The molecular weight excluding hydrogens is 336 g/mol. The summed E-state index contributed by atoms with van der Waals surface area (Å²) in [6.07, 6.45) is 2.18. The lowest BCUT2D eigenvalue weighted by Crippen LogP contribution is -2.38. The summed E-state index contributed by atoms with van der Waals surface area (Å²) in [4.78, 5) is 19.4. The van der Waals surface area contributed by atoms with Crippen molar-refractivity contribution in [1.29, 1.82) is 0 Å². The zero-order valence-corrected chi connectivity index (χ0v) is 15.9. The van der Waals surface area contributed by atoms with Gasteiger partial charge in [0.05, 0.1) is 16.4 Å². The highest BCUT2D eigenvalue weighted by Gasteiger charge is 2.22. The van der Waals surface area contributed by atoms with Crippen molar-refractivity contribution in [2.75, 3.05) is 25.4 Å². The highest BCUT2D eigenvalue weighted by Crippen LogP contribution is 2.20. The molecule has 0 atom stereocenters. The van der Waals surface area contributed by atoms with Crippen LogP contribution in [-0.2, 0) is 13.6 Å². The third kappa shape index (κ3) is 4.19. The number of rotatable bonds is 5. The lowest BCUT2D eigenvalue weighted by Gasteiger charge is -2.31. The van der Waals surface area contributed by atoms with E-state index in [1.165, 1.54) is 0 Å². The summed E-state index contributed by atoms with van der Waals surface area (Å²) in [6, 6.07) is 0. The van der Waals surface area contributed by atoms with E-state index in [4.69, 9.17) is 5.73 Å². The molecule has 2 aromatic heterocycles. The largest absolute Gasteiger partial charge is 0.383 e. The first-order valence-electron chi connectivity index (χ1n) is 8.64. The van der Waals surface area contributed by atoms with Gasteiger partial charge in [0.1, 0.15) is 11.4 Å². The summed E-state index contributed by atoms with van der Waals surface area (Å²) in [5, 5.41) is 10.5. The molecule has 1 fully saturated rings. The van der Waals surface area contributed by atoms with Crippen LogP contribution in [0.3, 0.4) is 0 Å². The van der Waals surface area contributed by atoms with Gasteiger partial charge in [0, 0.05) is 25.5 Å². The van der Waals surface area contributed by atoms with E-state index in [9.17, 15) is 4.79 Å². The van der Waals surface area contributed by atoms with E-state index in [2.05, 4.69) is 25.7 Å². The average Bonchev–Trinajstić information content (AvgIpc) is 3.09. The number of carbonyl (C=O) groups excluding carboxylic acids is 1. The molecule has 1 aliphatic rings. The van der Waals surface area contributed by atoms with Crippen LogP contribution in [0.15, 0.2) is 5.38 Å². The van der Waals surface area contributed by atoms with Crippen molar-refractivity contribution in [1.82, 2.24) is 25.0 Å². The molecule has 0 spiro atoms. The second-order valence-electron chi connectivity index (χ2n) is 6.76. The van der Waals surface area contributed by atoms with Gasteiger partial charge in [-0.1, -0.05) is 0 Å². The molecule has 3 N–H and O–H groups in total. The predicted molar refractivity (Wildman–Crippen MR) is 99.5 cm³/mol. The molecule has 2 aromatic rings. The highest BCUT2D eigenvalue weighted by atomic mass is 32.1. The van der Waals surface area contributed by atoms with E-state index in [0.29, 0.717) is 29.5 Å². The molecule has 1 saturated heterocycles. The van der Waals surface area contributed by atoms with Crippen LogP contribution in [0.4, 0.5) is 5.82 Å². The number of aromatic nitrogens is 3. The molecule has 7 nitrogen and oxygen atoms in total. The Morgan fingerprint density at radius 1 is 1.40 bits per heavy atom. The molecule has 0 radical (unpaired) electrons. The van der Waals surface area contributed by atoms with Crippen molar-refractivity contribution < 1.29 is 4.79 Å². The van der Waals surface area contributed by atoms with Gasteiger partial charge in [-0.05, 0) is 45.7 Å². The Bertz CT molecular complexity index is 744. The third-order valence-electron chi connectivity index (χ3n) is 4.80. The van der Waals surface area contributed by atoms with Crippen molar-refractivity contribution in [3.8, 4) is 0 Å². The first-order valence-corrected chi connectivity index (χ1v) is 9.52. The smallest absolute Gasteiger partial charge is 0.256 e. The third-order valence-corrected chi connectivity index (χ3v) is 5.63. The van der Waals surface area contributed by atoms with Crippen molar-refractivity contribution >= 4 is 23.1 Å². The van der Waals surface area contributed by atoms with Gasteiger partial charge in [-0.15, -0.1) is 11.3 Å². The van der Waals surface area contributed by atoms with Crippen LogP contribution in [0, 0.1) is 19.8 Å². The Morgan fingerprint density at radius 3 is 2.68 bits per heavy atom. The van der Waals surface area contributed by atoms with E-state index >= 15 is 0 Å². The summed E-state index contributed by atoms with van der Waals surface area (Å²) in [7, 11) is 1.75. The van der Waals surface area contributed by atoms with Crippen LogP contribution in [-0.4, -0.2) is 45.2 Å². The van der Waals surface area contributed by atoms with E-state index in [-0.39, 0.29) is 5.91 Å². The Kier molecular flexibility index (Phi) is 5.39. The van der Waals surface area contributed by atoms with Gasteiger partial charge in [0.2, 0.25) is 0 Å². The molecule has 3 heterocycles. The molecule has 25 heavy (non-hydrogen) atoms. The van der Waals surface area contributed by atoms with Gasteiger partial charge in [0.25, 0.3) is 5.91 Å². The number of likely N-dealkylation sites (tertiary alicyclic amines) is 1. The van der Waals surface area contributed by atoms with Gasteiger partial charge >= 0.3 is 0 Å². The molecule has 1 aliphatic heterocycles. The Hall–Kier alpha value is -1.93. The van der Waals surface area contributed by atoms with Gasteiger partial charge < -0.3 is 11.1 Å². The van der Waals surface area contributed by atoms with Crippen LogP contribution in [0.5, 0.6) is 0 Å². The van der Waals surface area contributed by atoms with Gasteiger partial charge in [-0.2, -0.15) is 5.10 Å². The molecule has 0 unspecified atom stereocenters. The Labute approximate surface area is 152 Å². The number of carbonyl (C=O) groups is 1. The first-order chi connectivity index (χ1) is 11.9. The second kappa shape index (κ2) is 7.53. The van der Waals surface area contributed by atoms with Gasteiger partial charge in [-0.25, -0.2) is 4.98 Å². The molecule has 0 aromatic carbocycles. The maximum absolute atomic E-state index is 12.4. The zero-order chi connectivity index (χ0) is 18.0. The van der Waals surface area contributed by atoms with Crippen LogP contribution in [0.1, 0.15) is 39.6 Å². The average molecular weight is 363 g/mol. The standard InChI is InChI=1S/C17H26N6OS/c1-11-15(16(18)22(3)21-11)17(24)19-8-13-4-6-23(7-5-13)9-14-10-25-12(2)20-14/h10,13H,4-9,18H2,1-3H3,(H,19,24). The molecule has 0 aliphatic carbocycles. The lowest BCUT2D eigenvalue weighted by molar-refractivity contribution is 0.0935. The molecule has 0 saturated carbocycles. The van der Waals surface area contributed by atoms with Crippen LogP contribution < -0.4 is 11.1 Å². The second-order valence-corrected chi connectivity index (χ2v) is 7.82. The maximum atomic E-state index is 12.4. The Morgan fingerprint density at radius 2 is 2.12 bits per heavy atom. The van der Waals surface area contributed by atoms with Crippen LogP contribution >= 0.6 is 11.3 Å². The predicted octanol–water partition coefficient (Wildman–Crippen LogP) is 1.72. The summed E-state index contributed by atoms with van der Waals surface area (Å²) in [5.74, 6) is 0.808. The summed E-state index contributed by atoms with van der Waals surface area (Å²) < 4.78 is 1.54. The molecular formula is C17H26N6OS. The van der Waals surface area contributed by atoms with Crippen molar-refractivity contribution in [3.05, 3.63) is 27.3 Å².